The van der Waals surface area contributed by atoms with Crippen LogP contribution in [-0.4, -0.2) is 35.5 Å². The molecule has 0 saturated heterocycles. The highest BCUT2D eigenvalue weighted by Gasteiger charge is 2.11. The van der Waals surface area contributed by atoms with Crippen LogP contribution in [0.15, 0.2) is 49.6 Å². The number of aliphatic hydroxyl groups is 1. The van der Waals surface area contributed by atoms with Gasteiger partial charge in [0, 0.05) is 32.2 Å². The van der Waals surface area contributed by atoms with Crippen LogP contribution in [0.3, 0.4) is 0 Å². The Hall–Kier alpha value is -1.91. The second-order valence-corrected chi connectivity index (χ2v) is 4.61. The quantitative estimate of drug-likeness (QED) is 0.715. The average Bonchev–Trinajstić information content (AvgIpc) is 2.39. The summed E-state index contributed by atoms with van der Waals surface area (Å²) < 4.78 is 0. The smallest absolute Gasteiger partial charge is 0.221 e. The van der Waals surface area contributed by atoms with Crippen molar-refractivity contribution in [2.24, 2.45) is 0 Å². The largest absolute Gasteiger partial charge is 0.387 e. The van der Waals surface area contributed by atoms with Crippen molar-refractivity contribution in [3.63, 3.8) is 0 Å². The van der Waals surface area contributed by atoms with Crippen LogP contribution in [0, 0.1) is 0 Å². The Morgan fingerprint density at radius 3 is 2.30 bits per heavy atom. The molecule has 0 aliphatic heterocycles. The molecule has 1 unspecified atom stereocenters. The summed E-state index contributed by atoms with van der Waals surface area (Å²) in [6.45, 7) is 10.8. The summed E-state index contributed by atoms with van der Waals surface area (Å²) in [4.78, 5) is 13.0. The number of carbonyl (C=O) groups excluding carboxylic acids is 1. The van der Waals surface area contributed by atoms with Crippen LogP contribution in [0.2, 0.25) is 0 Å². The molecule has 0 aliphatic carbocycles. The van der Waals surface area contributed by atoms with Gasteiger partial charge >= 0.3 is 0 Å². The highest BCUT2D eigenvalue weighted by Crippen LogP contribution is 2.17. The number of hydrogen-bond acceptors (Lipinski definition) is 3. The van der Waals surface area contributed by atoms with Crippen LogP contribution in [0.5, 0.6) is 0 Å². The van der Waals surface area contributed by atoms with Crippen molar-refractivity contribution in [2.45, 2.75) is 13.0 Å². The Morgan fingerprint density at radius 2 is 1.85 bits per heavy atom. The molecule has 0 bridgehead atoms. The molecule has 1 atom stereocenters. The SMILES string of the molecule is C=CCN(CC=C)CC(O)c1ccc(NC(C)=O)cc1. The number of benzene rings is 1. The highest BCUT2D eigenvalue weighted by atomic mass is 16.3. The standard InChI is InChI=1S/C16H22N2O2/c1-4-10-18(11-5-2)12-16(20)14-6-8-15(9-7-14)17-13(3)19/h4-9,16,20H,1-2,10-12H2,3H3,(H,17,19). The number of nitrogens with zero attached hydrogens (tertiary/aromatic N) is 1. The van der Waals surface area contributed by atoms with Gasteiger partial charge in [0.05, 0.1) is 6.10 Å². The molecule has 0 aliphatic rings. The third-order valence-corrected chi connectivity index (χ3v) is 2.82. The number of carbonyl (C=O) groups is 1. The Kier molecular flexibility index (Phi) is 6.70. The maximum absolute atomic E-state index is 10.9. The zero-order valence-electron chi connectivity index (χ0n) is 11.9. The Morgan fingerprint density at radius 1 is 1.30 bits per heavy atom. The van der Waals surface area contributed by atoms with Gasteiger partial charge in [-0.1, -0.05) is 24.3 Å². The summed E-state index contributed by atoms with van der Waals surface area (Å²) in [7, 11) is 0. The van der Waals surface area contributed by atoms with Gasteiger partial charge in [0.2, 0.25) is 5.91 Å². The fourth-order valence-corrected chi connectivity index (χ4v) is 1.93. The molecule has 2 N–H and O–H groups in total. The second kappa shape index (κ2) is 8.30. The molecule has 1 aromatic rings. The molecular formula is C16H22N2O2. The maximum Gasteiger partial charge on any atom is 0.221 e. The van der Waals surface area contributed by atoms with Crippen molar-refractivity contribution in [3.05, 3.63) is 55.1 Å². The first-order valence-corrected chi connectivity index (χ1v) is 6.56. The van der Waals surface area contributed by atoms with E-state index >= 15 is 0 Å². The fourth-order valence-electron chi connectivity index (χ4n) is 1.93. The van der Waals surface area contributed by atoms with E-state index in [-0.39, 0.29) is 5.91 Å². The van der Waals surface area contributed by atoms with E-state index in [0.717, 1.165) is 11.3 Å². The predicted molar refractivity (Wildman–Crippen MR) is 82.5 cm³/mol. The van der Waals surface area contributed by atoms with E-state index in [1.54, 1.807) is 24.3 Å². The number of nitrogens with one attached hydrogen (secondary N) is 1. The lowest BCUT2D eigenvalue weighted by molar-refractivity contribution is -0.114. The van der Waals surface area contributed by atoms with Gasteiger partial charge in [0.15, 0.2) is 0 Å². The van der Waals surface area contributed by atoms with Crippen molar-refractivity contribution < 1.29 is 9.90 Å². The molecule has 1 rings (SSSR count). The number of rotatable bonds is 8. The van der Waals surface area contributed by atoms with E-state index in [4.69, 9.17) is 0 Å². The molecule has 20 heavy (non-hydrogen) atoms. The zero-order chi connectivity index (χ0) is 15.0. The molecule has 0 aromatic heterocycles. The van der Waals surface area contributed by atoms with E-state index in [1.807, 2.05) is 17.0 Å². The lowest BCUT2D eigenvalue weighted by atomic mass is 10.1. The molecule has 0 fully saturated rings. The number of anilines is 1. The van der Waals surface area contributed by atoms with Gasteiger partial charge in [0.1, 0.15) is 0 Å². The number of aliphatic hydroxyl groups excluding tert-OH is 1. The van der Waals surface area contributed by atoms with Gasteiger partial charge < -0.3 is 10.4 Å². The first-order valence-electron chi connectivity index (χ1n) is 6.56. The molecule has 4 heteroatoms. The van der Waals surface area contributed by atoms with Crippen molar-refractivity contribution in [2.75, 3.05) is 25.0 Å². The Bertz CT molecular complexity index is 444. The van der Waals surface area contributed by atoms with E-state index < -0.39 is 6.10 Å². The molecule has 0 saturated carbocycles. The van der Waals surface area contributed by atoms with Crippen LogP contribution >= 0.6 is 0 Å². The topological polar surface area (TPSA) is 52.6 Å². The normalized spacial score (nSPS) is 11.9. The first kappa shape index (κ1) is 16.1. The van der Waals surface area contributed by atoms with Crippen LogP contribution in [0.25, 0.3) is 0 Å². The van der Waals surface area contributed by atoms with Gasteiger partial charge in [0.25, 0.3) is 0 Å². The molecule has 0 radical (unpaired) electrons. The van der Waals surface area contributed by atoms with Gasteiger partial charge in [-0.25, -0.2) is 0 Å². The molecular weight excluding hydrogens is 252 g/mol. The van der Waals surface area contributed by atoms with Gasteiger partial charge in [-0.05, 0) is 17.7 Å². The summed E-state index contributed by atoms with van der Waals surface area (Å²) >= 11 is 0. The van der Waals surface area contributed by atoms with Crippen LogP contribution in [0.4, 0.5) is 5.69 Å². The minimum atomic E-state index is -0.582. The third kappa shape index (κ3) is 5.38. The fraction of sp³-hybridized carbons (Fsp3) is 0.312. The van der Waals surface area contributed by atoms with Crippen LogP contribution < -0.4 is 5.32 Å². The third-order valence-electron chi connectivity index (χ3n) is 2.82. The number of amides is 1. The van der Waals surface area contributed by atoms with Crippen molar-refractivity contribution >= 4 is 11.6 Å². The molecule has 0 heterocycles. The minimum Gasteiger partial charge on any atom is -0.387 e. The average molecular weight is 274 g/mol. The van der Waals surface area contributed by atoms with E-state index in [2.05, 4.69) is 18.5 Å². The predicted octanol–water partition coefficient (Wildman–Crippen LogP) is 2.35. The minimum absolute atomic E-state index is 0.110. The van der Waals surface area contributed by atoms with E-state index in [0.29, 0.717) is 19.6 Å². The highest BCUT2D eigenvalue weighted by molar-refractivity contribution is 5.88. The number of hydrogen-bond donors (Lipinski definition) is 2. The molecule has 4 nitrogen and oxygen atoms in total. The molecule has 1 aromatic carbocycles. The first-order chi connectivity index (χ1) is 9.56. The zero-order valence-corrected chi connectivity index (χ0v) is 11.9. The Labute approximate surface area is 120 Å². The Balaban J connectivity index is 2.65. The molecule has 0 spiro atoms. The van der Waals surface area contributed by atoms with Crippen LogP contribution in [-0.2, 0) is 4.79 Å². The van der Waals surface area contributed by atoms with E-state index in [1.165, 1.54) is 6.92 Å². The molecule has 1 amide bonds. The van der Waals surface area contributed by atoms with Crippen LogP contribution in [0.1, 0.15) is 18.6 Å². The molecule has 108 valence electrons. The van der Waals surface area contributed by atoms with Crippen molar-refractivity contribution in [1.29, 1.82) is 0 Å². The summed E-state index contributed by atoms with van der Waals surface area (Å²) in [6.07, 6.45) is 3.02. The maximum atomic E-state index is 10.9. The second-order valence-electron chi connectivity index (χ2n) is 4.61. The lowest BCUT2D eigenvalue weighted by Gasteiger charge is -2.22. The van der Waals surface area contributed by atoms with Crippen molar-refractivity contribution in [1.82, 2.24) is 4.90 Å². The van der Waals surface area contributed by atoms with Gasteiger partial charge in [-0.15, -0.1) is 13.2 Å². The monoisotopic (exact) mass is 274 g/mol. The summed E-state index contributed by atoms with van der Waals surface area (Å²) in [5.41, 5.74) is 1.54. The van der Waals surface area contributed by atoms with E-state index in [9.17, 15) is 9.90 Å². The van der Waals surface area contributed by atoms with Crippen molar-refractivity contribution in [3.8, 4) is 0 Å². The summed E-state index contributed by atoms with van der Waals surface area (Å²) in [5.74, 6) is -0.110. The van der Waals surface area contributed by atoms with Gasteiger partial charge in [-0.2, -0.15) is 0 Å². The summed E-state index contributed by atoms with van der Waals surface area (Å²) in [5, 5.41) is 12.9. The van der Waals surface area contributed by atoms with Gasteiger partial charge in [-0.3, -0.25) is 9.69 Å². The lowest BCUT2D eigenvalue weighted by Crippen LogP contribution is -2.29. The summed E-state index contributed by atoms with van der Waals surface area (Å²) in [6, 6.07) is 7.20.